The first kappa shape index (κ1) is 17.4. The molecule has 0 unspecified atom stereocenters. The van der Waals surface area contributed by atoms with Crippen molar-refractivity contribution < 1.29 is 9.48 Å². The summed E-state index contributed by atoms with van der Waals surface area (Å²) in [6.45, 7) is 1.82. The summed E-state index contributed by atoms with van der Waals surface area (Å²) < 4.78 is 1.61. The van der Waals surface area contributed by atoms with E-state index in [2.05, 4.69) is 15.1 Å². The predicted octanol–water partition coefficient (Wildman–Crippen LogP) is 2.14. The van der Waals surface area contributed by atoms with Crippen LogP contribution in [0.3, 0.4) is 0 Å². The first-order chi connectivity index (χ1) is 13.2. The second kappa shape index (κ2) is 6.96. The molecule has 0 bridgehead atoms. The lowest BCUT2D eigenvalue weighted by molar-refractivity contribution is -0.763. The van der Waals surface area contributed by atoms with E-state index in [0.717, 1.165) is 0 Å². The summed E-state index contributed by atoms with van der Waals surface area (Å²) in [4.78, 5) is 34.7. The van der Waals surface area contributed by atoms with Gasteiger partial charge >= 0.3 is 17.4 Å². The molecule has 2 aromatic heterocycles. The maximum Gasteiger partial charge on any atom is 0.325 e. The predicted molar refractivity (Wildman–Crippen MR) is 102 cm³/mol. The summed E-state index contributed by atoms with van der Waals surface area (Å²) in [6, 6.07) is 12.9. The number of benzene rings is 1. The normalized spacial score (nSPS) is 15.2. The summed E-state index contributed by atoms with van der Waals surface area (Å²) in [7, 11) is 0. The van der Waals surface area contributed by atoms with Crippen molar-refractivity contribution in [2.45, 2.75) is 24.7 Å². The van der Waals surface area contributed by atoms with E-state index in [9.17, 15) is 9.59 Å². The zero-order valence-electron chi connectivity index (χ0n) is 14.9. The fourth-order valence-electron chi connectivity index (χ4n) is 3.30. The van der Waals surface area contributed by atoms with Crippen molar-refractivity contribution >= 4 is 23.4 Å². The summed E-state index contributed by atoms with van der Waals surface area (Å²) in [5, 5.41) is 5.09. The minimum Gasteiger partial charge on any atom is -0.291 e. The van der Waals surface area contributed by atoms with Gasteiger partial charge in [0.25, 0.3) is 0 Å². The summed E-state index contributed by atoms with van der Waals surface area (Å²) in [5.74, 6) is -0.0657. The molecule has 136 valence electrons. The Hall–Kier alpha value is -3.00. The van der Waals surface area contributed by atoms with Gasteiger partial charge in [0.05, 0.1) is 11.3 Å². The molecule has 3 aromatic rings. The number of nitrogens with zero attached hydrogens (tertiary/aromatic N) is 4. The van der Waals surface area contributed by atoms with Crippen molar-refractivity contribution in [3.63, 3.8) is 0 Å². The Morgan fingerprint density at radius 2 is 2.04 bits per heavy atom. The van der Waals surface area contributed by atoms with Gasteiger partial charge in [0.1, 0.15) is 5.69 Å². The maximum absolute atomic E-state index is 12.9. The molecule has 0 radical (unpaired) electrons. The van der Waals surface area contributed by atoms with Gasteiger partial charge in [0, 0.05) is 17.7 Å². The lowest BCUT2D eigenvalue weighted by atomic mass is 10.0. The van der Waals surface area contributed by atoms with Gasteiger partial charge in [-0.05, 0) is 35.2 Å². The molecule has 0 fully saturated rings. The van der Waals surface area contributed by atoms with Gasteiger partial charge in [-0.3, -0.25) is 19.6 Å². The first-order valence-corrected chi connectivity index (χ1v) is 9.80. The molecule has 1 aliphatic heterocycles. The molecule has 27 heavy (non-hydrogen) atoms. The quantitative estimate of drug-likeness (QED) is 0.556. The maximum atomic E-state index is 12.9. The molecule has 1 amide bonds. The van der Waals surface area contributed by atoms with Crippen molar-refractivity contribution in [1.82, 2.24) is 15.1 Å². The van der Waals surface area contributed by atoms with Crippen LogP contribution in [-0.2, 0) is 4.79 Å². The van der Waals surface area contributed by atoms with Crippen molar-refractivity contribution in [1.29, 1.82) is 0 Å². The van der Waals surface area contributed by atoms with E-state index in [1.54, 1.807) is 15.8 Å². The van der Waals surface area contributed by atoms with E-state index in [4.69, 9.17) is 0 Å². The number of rotatable bonds is 3. The molecule has 4 rings (SSSR count). The van der Waals surface area contributed by atoms with Crippen molar-refractivity contribution in [2.75, 3.05) is 11.2 Å². The van der Waals surface area contributed by atoms with Crippen LogP contribution in [-0.4, -0.2) is 27.2 Å². The number of aromatic nitrogens is 4. The highest BCUT2D eigenvalue weighted by Crippen LogP contribution is 2.36. The molecule has 1 aromatic carbocycles. The van der Waals surface area contributed by atoms with Crippen LogP contribution in [0.1, 0.15) is 25.2 Å². The molecule has 0 aliphatic carbocycles. The number of nitrogens with one attached hydrogen (secondary N) is 1. The van der Waals surface area contributed by atoms with E-state index in [0.29, 0.717) is 34.2 Å². The molecular weight excluding hydrogens is 362 g/mol. The number of carbonyl (C=O) groups excluding carboxylic acids is 1. The van der Waals surface area contributed by atoms with Gasteiger partial charge in [0.2, 0.25) is 11.1 Å². The van der Waals surface area contributed by atoms with Crippen LogP contribution in [0.2, 0.25) is 0 Å². The third-order valence-electron chi connectivity index (χ3n) is 4.47. The van der Waals surface area contributed by atoms with E-state index >= 15 is 0 Å². The molecule has 1 atom stereocenters. The van der Waals surface area contributed by atoms with Gasteiger partial charge in [-0.1, -0.05) is 36.9 Å². The Morgan fingerprint density at radius 1 is 1.26 bits per heavy atom. The minimum atomic E-state index is -0.628. The SMILES string of the molecule is CCC(=O)N1c2ccccc2-c2c(=O)[nH]c(SC)n[n+]2[C@H]1c1ccccn1. The van der Waals surface area contributed by atoms with Crippen LogP contribution in [0.5, 0.6) is 0 Å². The van der Waals surface area contributed by atoms with Gasteiger partial charge in [-0.25, -0.2) is 4.90 Å². The fraction of sp³-hybridized carbons (Fsp3) is 0.211. The summed E-state index contributed by atoms with van der Waals surface area (Å²) >= 11 is 1.34. The Labute approximate surface area is 160 Å². The first-order valence-electron chi connectivity index (χ1n) is 8.58. The molecule has 0 saturated carbocycles. The number of thioether (sulfide) groups is 1. The van der Waals surface area contributed by atoms with Gasteiger partial charge in [-0.15, -0.1) is 0 Å². The van der Waals surface area contributed by atoms with Gasteiger partial charge in [0.15, 0.2) is 0 Å². The van der Waals surface area contributed by atoms with Gasteiger partial charge in [-0.2, -0.15) is 0 Å². The largest absolute Gasteiger partial charge is 0.325 e. The fourth-order valence-corrected chi connectivity index (χ4v) is 3.66. The van der Waals surface area contributed by atoms with E-state index in [1.165, 1.54) is 11.8 Å². The van der Waals surface area contributed by atoms with E-state index < -0.39 is 6.17 Å². The van der Waals surface area contributed by atoms with Crippen molar-refractivity contribution in [3.8, 4) is 11.3 Å². The summed E-state index contributed by atoms with van der Waals surface area (Å²) in [5.41, 5.74) is 2.17. The highest BCUT2D eigenvalue weighted by Gasteiger charge is 2.45. The molecule has 1 aliphatic rings. The molecule has 7 nitrogen and oxygen atoms in total. The third kappa shape index (κ3) is 2.82. The molecule has 8 heteroatoms. The van der Waals surface area contributed by atoms with Crippen LogP contribution in [0.15, 0.2) is 58.6 Å². The number of hydrogen-bond acceptors (Lipinski definition) is 5. The summed E-state index contributed by atoms with van der Waals surface area (Å²) in [6.07, 6.45) is 3.21. The van der Waals surface area contributed by atoms with Crippen LogP contribution in [0.4, 0.5) is 5.69 Å². The van der Waals surface area contributed by atoms with Gasteiger partial charge < -0.3 is 0 Å². The number of hydrogen-bond donors (Lipinski definition) is 1. The Kier molecular flexibility index (Phi) is 4.49. The number of H-pyrrole nitrogens is 1. The average molecular weight is 380 g/mol. The highest BCUT2D eigenvalue weighted by atomic mass is 32.2. The van der Waals surface area contributed by atoms with E-state index in [-0.39, 0.29) is 11.5 Å². The second-order valence-corrected chi connectivity index (χ2v) is 6.81. The topological polar surface area (TPSA) is 82.8 Å². The third-order valence-corrected chi connectivity index (χ3v) is 5.05. The highest BCUT2D eigenvalue weighted by molar-refractivity contribution is 7.98. The lowest BCUT2D eigenvalue weighted by Gasteiger charge is -2.31. The standard InChI is InChI=1S/C19H17N5O2S/c1-3-15(25)23-14-10-5-4-8-12(14)16-17(26)21-19(27-2)22-24(16)18(23)13-9-6-7-11-20-13/h4-11,18H,3H2,1-2H3/p+1/t18-/m0/s1. The average Bonchev–Trinajstić information content (AvgIpc) is 2.72. The minimum absolute atomic E-state index is 0.0657. The number of anilines is 1. The number of para-hydroxylation sites is 1. The van der Waals surface area contributed by atoms with E-state index in [1.807, 2.05) is 55.6 Å². The number of pyridine rings is 1. The number of aromatic amines is 1. The molecular formula is C19H18N5O2S+. The number of carbonyl (C=O) groups is 1. The zero-order valence-corrected chi connectivity index (χ0v) is 15.7. The lowest BCUT2D eigenvalue weighted by Crippen LogP contribution is -2.61. The van der Waals surface area contributed by atoms with Crippen LogP contribution < -0.4 is 15.1 Å². The molecule has 1 N–H and O–H groups in total. The van der Waals surface area contributed by atoms with Crippen molar-refractivity contribution in [2.24, 2.45) is 0 Å². The smallest absolute Gasteiger partial charge is 0.291 e. The Balaban J connectivity index is 2.09. The number of amides is 1. The Bertz CT molecular complexity index is 1070. The van der Waals surface area contributed by atoms with Crippen LogP contribution in [0, 0.1) is 0 Å². The molecule has 3 heterocycles. The molecule has 0 spiro atoms. The number of fused-ring (bicyclic) bond motifs is 3. The second-order valence-electron chi connectivity index (χ2n) is 6.02. The molecule has 0 saturated heterocycles. The van der Waals surface area contributed by atoms with Crippen molar-refractivity contribution in [3.05, 3.63) is 64.7 Å². The zero-order chi connectivity index (χ0) is 19.0. The monoisotopic (exact) mass is 380 g/mol. The Morgan fingerprint density at radius 3 is 2.74 bits per heavy atom. The van der Waals surface area contributed by atoms with Crippen LogP contribution >= 0.6 is 11.8 Å². The van der Waals surface area contributed by atoms with Crippen LogP contribution in [0.25, 0.3) is 11.3 Å².